The second-order valence-corrected chi connectivity index (χ2v) is 6.32. The molecular formula is C16H25N5. The number of nitrogens with zero attached hydrogens (tertiary/aromatic N) is 3. The predicted molar refractivity (Wildman–Crippen MR) is 86.2 cm³/mol. The van der Waals surface area contributed by atoms with Gasteiger partial charge in [0.05, 0.1) is 5.56 Å². The Hall–Kier alpha value is -1.62. The van der Waals surface area contributed by atoms with E-state index in [2.05, 4.69) is 14.8 Å². The van der Waals surface area contributed by atoms with E-state index in [9.17, 15) is 0 Å². The standard InChI is InChI=1S/C16H25N5/c1-11-9-12(2)19-16(14(11)15(17)18)21-8-5-13(10-21)20-6-3-4-7-20/h9,13H,3-8,10H2,1-2H3,(H3,17,18). The number of nitrogens with two attached hydrogens (primary N) is 1. The van der Waals surface area contributed by atoms with E-state index < -0.39 is 0 Å². The molecule has 5 heteroatoms. The van der Waals surface area contributed by atoms with Gasteiger partial charge in [0.2, 0.25) is 0 Å². The average Bonchev–Trinajstić information content (AvgIpc) is 3.08. The molecular weight excluding hydrogens is 262 g/mol. The molecule has 0 saturated carbocycles. The quantitative estimate of drug-likeness (QED) is 0.655. The summed E-state index contributed by atoms with van der Waals surface area (Å²) < 4.78 is 0. The number of likely N-dealkylation sites (tertiary alicyclic amines) is 1. The van der Waals surface area contributed by atoms with E-state index in [1.54, 1.807) is 0 Å². The van der Waals surface area contributed by atoms with Gasteiger partial charge in [0.15, 0.2) is 0 Å². The summed E-state index contributed by atoms with van der Waals surface area (Å²) in [5, 5.41) is 7.87. The van der Waals surface area contributed by atoms with Gasteiger partial charge in [-0.05, 0) is 57.8 Å². The molecule has 0 aliphatic carbocycles. The number of amidine groups is 1. The Morgan fingerprint density at radius 3 is 2.67 bits per heavy atom. The number of rotatable bonds is 3. The summed E-state index contributed by atoms with van der Waals surface area (Å²) in [4.78, 5) is 9.61. The molecule has 1 atom stereocenters. The van der Waals surface area contributed by atoms with Crippen LogP contribution in [0.5, 0.6) is 0 Å². The fraction of sp³-hybridized carbons (Fsp3) is 0.625. The minimum atomic E-state index is 0.125. The highest BCUT2D eigenvalue weighted by Crippen LogP contribution is 2.28. The van der Waals surface area contributed by atoms with Gasteiger partial charge in [-0.25, -0.2) is 4.98 Å². The van der Waals surface area contributed by atoms with E-state index >= 15 is 0 Å². The summed E-state index contributed by atoms with van der Waals surface area (Å²) >= 11 is 0. The van der Waals surface area contributed by atoms with Gasteiger partial charge in [-0.15, -0.1) is 0 Å². The van der Waals surface area contributed by atoms with E-state index in [4.69, 9.17) is 11.1 Å². The summed E-state index contributed by atoms with van der Waals surface area (Å²) in [5.41, 5.74) is 8.65. The predicted octanol–water partition coefficient (Wildman–Crippen LogP) is 1.66. The molecule has 21 heavy (non-hydrogen) atoms. The second kappa shape index (κ2) is 5.64. The van der Waals surface area contributed by atoms with Crippen molar-refractivity contribution in [3.8, 4) is 0 Å². The van der Waals surface area contributed by atoms with E-state index in [-0.39, 0.29) is 5.84 Å². The van der Waals surface area contributed by atoms with Crippen LogP contribution in [-0.4, -0.2) is 47.9 Å². The fourth-order valence-electron chi connectivity index (χ4n) is 3.72. The largest absolute Gasteiger partial charge is 0.384 e. The highest BCUT2D eigenvalue weighted by atomic mass is 15.3. The van der Waals surface area contributed by atoms with Crippen LogP contribution in [0.4, 0.5) is 5.82 Å². The van der Waals surface area contributed by atoms with Crippen molar-refractivity contribution in [2.24, 2.45) is 5.73 Å². The maximum absolute atomic E-state index is 7.87. The molecule has 3 heterocycles. The Balaban J connectivity index is 1.85. The Bertz CT molecular complexity index is 548. The molecule has 2 aliphatic heterocycles. The molecule has 0 radical (unpaired) electrons. The maximum atomic E-state index is 7.87. The number of nitrogens with one attached hydrogen (secondary N) is 1. The molecule has 3 N–H and O–H groups in total. The highest BCUT2D eigenvalue weighted by Gasteiger charge is 2.31. The third-order valence-electron chi connectivity index (χ3n) is 4.71. The molecule has 2 aliphatic rings. The van der Waals surface area contributed by atoms with E-state index in [0.29, 0.717) is 6.04 Å². The van der Waals surface area contributed by atoms with Gasteiger partial charge >= 0.3 is 0 Å². The number of nitrogen functional groups attached to an aromatic ring is 1. The van der Waals surface area contributed by atoms with Crippen LogP contribution in [0.15, 0.2) is 6.07 Å². The number of anilines is 1. The van der Waals surface area contributed by atoms with Crippen LogP contribution in [0, 0.1) is 19.3 Å². The summed E-state index contributed by atoms with van der Waals surface area (Å²) in [7, 11) is 0. The van der Waals surface area contributed by atoms with Crippen molar-refractivity contribution in [2.75, 3.05) is 31.1 Å². The van der Waals surface area contributed by atoms with Crippen LogP contribution in [0.25, 0.3) is 0 Å². The summed E-state index contributed by atoms with van der Waals surface area (Å²) in [6.45, 7) is 8.52. The number of aryl methyl sites for hydroxylation is 2. The molecule has 114 valence electrons. The lowest BCUT2D eigenvalue weighted by molar-refractivity contribution is 0.260. The van der Waals surface area contributed by atoms with Gasteiger partial charge in [0.1, 0.15) is 11.7 Å². The minimum absolute atomic E-state index is 0.125. The molecule has 3 rings (SSSR count). The topological polar surface area (TPSA) is 69.2 Å². The molecule has 2 saturated heterocycles. The first-order valence-corrected chi connectivity index (χ1v) is 7.88. The highest BCUT2D eigenvalue weighted by molar-refractivity contribution is 6.01. The zero-order valence-corrected chi connectivity index (χ0v) is 13.0. The molecule has 1 unspecified atom stereocenters. The lowest BCUT2D eigenvalue weighted by atomic mass is 10.1. The van der Waals surface area contributed by atoms with Gasteiger partial charge in [-0.2, -0.15) is 0 Å². The first-order chi connectivity index (χ1) is 10.1. The van der Waals surface area contributed by atoms with Crippen molar-refractivity contribution in [1.82, 2.24) is 9.88 Å². The monoisotopic (exact) mass is 287 g/mol. The molecule has 1 aromatic heterocycles. The van der Waals surface area contributed by atoms with Crippen LogP contribution in [0.1, 0.15) is 36.1 Å². The van der Waals surface area contributed by atoms with Gasteiger partial charge in [0, 0.05) is 24.8 Å². The van der Waals surface area contributed by atoms with Crippen LogP contribution in [-0.2, 0) is 0 Å². The number of hydrogen-bond donors (Lipinski definition) is 2. The first-order valence-electron chi connectivity index (χ1n) is 7.88. The van der Waals surface area contributed by atoms with Gasteiger partial charge in [-0.3, -0.25) is 10.3 Å². The zero-order chi connectivity index (χ0) is 15.0. The van der Waals surface area contributed by atoms with Crippen LogP contribution in [0.3, 0.4) is 0 Å². The van der Waals surface area contributed by atoms with Crippen molar-refractivity contribution in [3.05, 3.63) is 22.9 Å². The van der Waals surface area contributed by atoms with Crippen molar-refractivity contribution in [1.29, 1.82) is 5.41 Å². The van der Waals surface area contributed by atoms with Crippen molar-refractivity contribution < 1.29 is 0 Å². The SMILES string of the molecule is Cc1cc(C)c(C(=N)N)c(N2CCC(N3CCCC3)C2)n1. The molecule has 0 bridgehead atoms. The number of hydrogen-bond acceptors (Lipinski definition) is 4. The Morgan fingerprint density at radius 2 is 2.00 bits per heavy atom. The first kappa shape index (κ1) is 14.3. The molecule has 0 aromatic carbocycles. The van der Waals surface area contributed by atoms with Gasteiger partial charge < -0.3 is 10.6 Å². The molecule has 1 aromatic rings. The summed E-state index contributed by atoms with van der Waals surface area (Å²) in [5.74, 6) is 1.03. The lowest BCUT2D eigenvalue weighted by Gasteiger charge is -2.25. The normalized spacial score (nSPS) is 23.0. The smallest absolute Gasteiger partial charge is 0.140 e. The Kier molecular flexibility index (Phi) is 3.85. The Labute approximate surface area is 126 Å². The summed E-state index contributed by atoms with van der Waals surface area (Å²) in [6.07, 6.45) is 3.85. The minimum Gasteiger partial charge on any atom is -0.384 e. The van der Waals surface area contributed by atoms with E-state index in [1.807, 2.05) is 19.9 Å². The van der Waals surface area contributed by atoms with Crippen LogP contribution < -0.4 is 10.6 Å². The molecule has 2 fully saturated rings. The van der Waals surface area contributed by atoms with Crippen molar-refractivity contribution >= 4 is 11.7 Å². The number of pyridine rings is 1. The average molecular weight is 287 g/mol. The van der Waals surface area contributed by atoms with Gasteiger partial charge in [-0.1, -0.05) is 0 Å². The molecule has 0 spiro atoms. The van der Waals surface area contributed by atoms with Crippen molar-refractivity contribution in [3.63, 3.8) is 0 Å². The zero-order valence-electron chi connectivity index (χ0n) is 13.0. The third kappa shape index (κ3) is 2.75. The van der Waals surface area contributed by atoms with Gasteiger partial charge in [0.25, 0.3) is 0 Å². The Morgan fingerprint density at radius 1 is 1.29 bits per heavy atom. The second-order valence-electron chi connectivity index (χ2n) is 6.32. The van der Waals surface area contributed by atoms with Crippen molar-refractivity contribution in [2.45, 2.75) is 39.2 Å². The fourth-order valence-corrected chi connectivity index (χ4v) is 3.72. The van der Waals surface area contributed by atoms with E-state index in [0.717, 1.165) is 35.7 Å². The lowest BCUT2D eigenvalue weighted by Crippen LogP contribution is -2.36. The molecule has 0 amide bonds. The maximum Gasteiger partial charge on any atom is 0.140 e. The third-order valence-corrected chi connectivity index (χ3v) is 4.71. The van der Waals surface area contributed by atoms with Crippen LogP contribution in [0.2, 0.25) is 0 Å². The summed E-state index contributed by atoms with van der Waals surface area (Å²) in [6, 6.07) is 2.64. The van der Waals surface area contributed by atoms with E-state index in [1.165, 1.54) is 32.4 Å². The molecule has 5 nitrogen and oxygen atoms in total. The van der Waals surface area contributed by atoms with Crippen LogP contribution >= 0.6 is 0 Å². The number of aromatic nitrogens is 1.